The van der Waals surface area contributed by atoms with Crippen LogP contribution in [0.15, 0.2) is 12.2 Å². The van der Waals surface area contributed by atoms with E-state index in [0.717, 1.165) is 0 Å². The molecule has 172 valence electrons. The van der Waals surface area contributed by atoms with Gasteiger partial charge in [-0.15, -0.1) is 0 Å². The SMILES string of the molecule is C=C(CC(F)(F)C(F)(F)C(F)(F)C(F)(F)C(F)(F)C(F)(F)C(F)(F)F)C(=O)OC. The van der Waals surface area contributed by atoms with E-state index in [1.54, 1.807) is 0 Å². The monoisotopic (exact) mass is 468 g/mol. The van der Waals surface area contributed by atoms with Crippen molar-refractivity contribution < 1.29 is 75.4 Å². The van der Waals surface area contributed by atoms with Crippen LogP contribution in [0.3, 0.4) is 0 Å². The molecule has 0 heterocycles. The number of hydrogen-bond donors (Lipinski definition) is 0. The summed E-state index contributed by atoms with van der Waals surface area (Å²) in [5, 5.41) is 0. The van der Waals surface area contributed by atoms with E-state index >= 15 is 0 Å². The number of carbonyl (C=O) groups excluding carboxylic acids is 1. The van der Waals surface area contributed by atoms with Crippen molar-refractivity contribution >= 4 is 5.97 Å². The van der Waals surface area contributed by atoms with Crippen LogP contribution >= 0.6 is 0 Å². The molecule has 0 fully saturated rings. The summed E-state index contributed by atoms with van der Waals surface area (Å²) in [6, 6.07) is 0. The minimum absolute atomic E-state index is 0.437. The van der Waals surface area contributed by atoms with Crippen molar-refractivity contribution in [2.75, 3.05) is 7.11 Å². The molecule has 0 aliphatic carbocycles. The fraction of sp³-hybridized carbons (Fsp3) is 0.750. The maximum atomic E-state index is 13.4. The molecule has 0 aromatic rings. The lowest BCUT2D eigenvalue weighted by Gasteiger charge is -2.41. The van der Waals surface area contributed by atoms with Gasteiger partial charge in [0.25, 0.3) is 0 Å². The molecule has 0 unspecified atom stereocenters. The molecule has 0 aliphatic heterocycles. The molecule has 17 heteroatoms. The van der Waals surface area contributed by atoms with Gasteiger partial charge in [-0.25, -0.2) is 4.79 Å². The van der Waals surface area contributed by atoms with Gasteiger partial charge in [-0.1, -0.05) is 6.58 Å². The second-order valence-corrected chi connectivity index (χ2v) is 5.35. The van der Waals surface area contributed by atoms with Crippen LogP contribution in [0.25, 0.3) is 0 Å². The lowest BCUT2D eigenvalue weighted by Crippen LogP contribution is -2.72. The number of methoxy groups -OCH3 is 1. The molecular formula is C12H7F15O2. The molecule has 0 atom stereocenters. The lowest BCUT2D eigenvalue weighted by atomic mass is 9.89. The van der Waals surface area contributed by atoms with Gasteiger partial charge in [-0.3, -0.25) is 0 Å². The number of alkyl halides is 15. The molecule has 2 nitrogen and oxygen atoms in total. The van der Waals surface area contributed by atoms with Gasteiger partial charge in [-0.2, -0.15) is 65.9 Å². The number of esters is 1. The Balaban J connectivity index is 6.43. The number of carbonyl (C=O) groups is 1. The molecule has 0 N–H and O–H groups in total. The van der Waals surface area contributed by atoms with Crippen molar-refractivity contribution in [3.05, 3.63) is 12.2 Å². The van der Waals surface area contributed by atoms with Crippen molar-refractivity contribution in [3.8, 4) is 0 Å². The van der Waals surface area contributed by atoms with E-state index < -0.39 is 59.7 Å². The van der Waals surface area contributed by atoms with Gasteiger partial charge in [0.1, 0.15) is 0 Å². The minimum Gasteiger partial charge on any atom is -0.466 e. The first kappa shape index (κ1) is 27.2. The van der Waals surface area contributed by atoms with Crippen LogP contribution in [-0.4, -0.2) is 54.8 Å². The van der Waals surface area contributed by atoms with E-state index in [9.17, 15) is 70.7 Å². The van der Waals surface area contributed by atoms with E-state index in [4.69, 9.17) is 0 Å². The van der Waals surface area contributed by atoms with E-state index in [0.29, 0.717) is 7.11 Å². The summed E-state index contributed by atoms with van der Waals surface area (Å²) in [6.45, 7) is 2.35. The highest BCUT2D eigenvalue weighted by Crippen LogP contribution is 2.62. The summed E-state index contributed by atoms with van der Waals surface area (Å²) in [6.07, 6.45) is -10.6. The number of ether oxygens (including phenoxy) is 1. The van der Waals surface area contributed by atoms with Crippen molar-refractivity contribution in [3.63, 3.8) is 0 Å². The Morgan fingerprint density at radius 1 is 0.655 bits per heavy atom. The molecule has 0 rings (SSSR count). The van der Waals surface area contributed by atoms with Crippen molar-refractivity contribution in [1.29, 1.82) is 0 Å². The Morgan fingerprint density at radius 2 is 0.966 bits per heavy atom. The Labute approximate surface area is 150 Å². The van der Waals surface area contributed by atoms with Gasteiger partial charge in [-0.05, 0) is 0 Å². The molecule has 0 aliphatic rings. The van der Waals surface area contributed by atoms with E-state index in [1.165, 1.54) is 0 Å². The van der Waals surface area contributed by atoms with Gasteiger partial charge in [0.2, 0.25) is 0 Å². The normalized spacial score (nSPS) is 15.3. The first-order valence-corrected chi connectivity index (χ1v) is 6.46. The summed E-state index contributed by atoms with van der Waals surface area (Å²) in [7, 11) is 0.437. The third-order valence-corrected chi connectivity index (χ3v) is 3.30. The Morgan fingerprint density at radius 3 is 1.28 bits per heavy atom. The highest BCUT2D eigenvalue weighted by atomic mass is 19.4. The van der Waals surface area contributed by atoms with Gasteiger partial charge in [0.15, 0.2) is 0 Å². The maximum Gasteiger partial charge on any atom is 0.460 e. The molecule has 0 spiro atoms. The quantitative estimate of drug-likeness (QED) is 0.268. The van der Waals surface area contributed by atoms with Crippen LogP contribution in [0.5, 0.6) is 0 Å². The summed E-state index contributed by atoms with van der Waals surface area (Å²) in [4.78, 5) is 10.8. The third kappa shape index (κ3) is 3.83. The van der Waals surface area contributed by atoms with Crippen molar-refractivity contribution in [2.24, 2.45) is 0 Å². The molecule has 0 aromatic heterocycles. The number of rotatable bonds is 8. The van der Waals surface area contributed by atoms with Gasteiger partial charge in [0, 0.05) is 12.0 Å². The van der Waals surface area contributed by atoms with Crippen LogP contribution in [0.1, 0.15) is 6.42 Å². The van der Waals surface area contributed by atoms with E-state index in [1.807, 2.05) is 0 Å². The first-order valence-electron chi connectivity index (χ1n) is 6.46. The van der Waals surface area contributed by atoms with Crippen LogP contribution in [-0.2, 0) is 9.53 Å². The second-order valence-electron chi connectivity index (χ2n) is 5.35. The Kier molecular flexibility index (Phi) is 6.69. The van der Waals surface area contributed by atoms with E-state index in [2.05, 4.69) is 11.3 Å². The predicted octanol–water partition coefficient (Wildman–Crippen LogP) is 5.48. The topological polar surface area (TPSA) is 26.3 Å². The van der Waals surface area contributed by atoms with E-state index in [-0.39, 0.29) is 0 Å². The maximum absolute atomic E-state index is 13.4. The second kappa shape index (κ2) is 7.14. The highest BCUT2D eigenvalue weighted by Gasteiger charge is 2.93. The van der Waals surface area contributed by atoms with Crippen LogP contribution in [0, 0.1) is 0 Å². The standard InChI is InChI=1S/C12H7F15O2/c1-4(5(28)29-2)3-6(13,14)7(15,16)8(17,18)9(19,20)10(21,22)11(23,24)12(25,26)27/h1,3H2,2H3. The van der Waals surface area contributed by atoms with Gasteiger partial charge < -0.3 is 4.74 Å². The first-order chi connectivity index (χ1) is 12.4. The molecule has 0 saturated carbocycles. The molecule has 0 saturated heterocycles. The van der Waals surface area contributed by atoms with Crippen molar-refractivity contribution in [1.82, 2.24) is 0 Å². The zero-order chi connectivity index (χ0) is 24.1. The average molecular weight is 468 g/mol. The zero-order valence-electron chi connectivity index (χ0n) is 13.4. The summed E-state index contributed by atoms with van der Waals surface area (Å²) in [5.41, 5.74) is -1.77. The lowest BCUT2D eigenvalue weighted by molar-refractivity contribution is -0.452. The average Bonchev–Trinajstić information content (AvgIpc) is 2.51. The summed E-state index contributed by atoms with van der Waals surface area (Å²) < 4.78 is 197. The largest absolute Gasteiger partial charge is 0.466 e. The molecule has 0 radical (unpaired) electrons. The number of halogens is 15. The predicted molar refractivity (Wildman–Crippen MR) is 61.5 cm³/mol. The summed E-state index contributed by atoms with van der Waals surface area (Å²) in [5.74, 6) is -49.1. The van der Waals surface area contributed by atoms with Crippen LogP contribution in [0.4, 0.5) is 65.9 Å². The number of hydrogen-bond acceptors (Lipinski definition) is 2. The minimum atomic E-state index is -8.36. The van der Waals surface area contributed by atoms with Gasteiger partial charge >= 0.3 is 47.7 Å². The fourth-order valence-corrected chi connectivity index (χ4v) is 1.59. The Bertz CT molecular complexity index is 646. The third-order valence-electron chi connectivity index (χ3n) is 3.30. The molecule has 0 amide bonds. The fourth-order valence-electron chi connectivity index (χ4n) is 1.59. The zero-order valence-corrected chi connectivity index (χ0v) is 13.4. The molecule has 0 bridgehead atoms. The highest BCUT2D eigenvalue weighted by molar-refractivity contribution is 5.87. The van der Waals surface area contributed by atoms with Crippen LogP contribution in [0.2, 0.25) is 0 Å². The van der Waals surface area contributed by atoms with Crippen LogP contribution < -0.4 is 0 Å². The smallest absolute Gasteiger partial charge is 0.460 e. The molecule has 29 heavy (non-hydrogen) atoms. The summed E-state index contributed by atoms with van der Waals surface area (Å²) >= 11 is 0. The Hall–Kier alpha value is -1.84. The van der Waals surface area contributed by atoms with Crippen molar-refractivity contribution in [2.45, 2.75) is 48.1 Å². The van der Waals surface area contributed by atoms with Gasteiger partial charge in [0.05, 0.1) is 7.11 Å². The molecule has 0 aromatic carbocycles. The molecular weight excluding hydrogens is 461 g/mol.